The largest absolute Gasteiger partial charge is 0.491 e. The molecule has 0 aliphatic heterocycles. The topological polar surface area (TPSA) is 472 Å². The van der Waals surface area contributed by atoms with Crippen molar-refractivity contribution < 1.29 is 108 Å². The van der Waals surface area contributed by atoms with Crippen LogP contribution in [-0.4, -0.2) is 190 Å². The maximum absolute atomic E-state index is 14.3. The van der Waals surface area contributed by atoms with E-state index in [0.717, 1.165) is 43.9 Å². The molecule has 4 aliphatic carbocycles. The third kappa shape index (κ3) is 24.8. The van der Waals surface area contributed by atoms with E-state index in [1.165, 1.54) is 39.2 Å². The third-order valence-electron chi connectivity index (χ3n) is 21.9. The molecule has 4 saturated carbocycles. The van der Waals surface area contributed by atoms with Crippen molar-refractivity contribution in [1.82, 2.24) is 41.3 Å². The molecule has 4 fully saturated rings. The summed E-state index contributed by atoms with van der Waals surface area (Å²) in [4.78, 5) is 84.5. The van der Waals surface area contributed by atoms with Crippen molar-refractivity contribution in [2.75, 3.05) is 40.3 Å². The lowest BCUT2D eigenvalue weighted by molar-refractivity contribution is -0.142. The van der Waals surface area contributed by atoms with Crippen LogP contribution in [0, 0.1) is 69.6 Å². The van der Waals surface area contributed by atoms with Gasteiger partial charge in [-0.15, -0.1) is 0 Å². The Morgan fingerprint density at radius 2 is 0.971 bits per heavy atom. The zero-order valence-electron chi connectivity index (χ0n) is 59.4. The van der Waals surface area contributed by atoms with Crippen molar-refractivity contribution in [1.29, 1.82) is 0 Å². The van der Waals surface area contributed by atoms with E-state index < -0.39 is 138 Å². The van der Waals surface area contributed by atoms with E-state index in [-0.39, 0.29) is 101 Å². The van der Waals surface area contributed by atoms with Crippen LogP contribution in [0.1, 0.15) is 181 Å². The van der Waals surface area contributed by atoms with Gasteiger partial charge in [0.25, 0.3) is 0 Å². The van der Waals surface area contributed by atoms with E-state index in [1.54, 1.807) is 7.05 Å². The number of hydrogen-bond acceptors (Lipinski definition) is 19. The van der Waals surface area contributed by atoms with Crippen LogP contribution in [0.4, 0.5) is 17.6 Å². The number of hydrogen-bond donors (Lipinski definition) is 17. The molecule has 14 atom stereocenters. The number of likely N-dealkylation sites (N-methyl/N-ethyl adjacent to an activating group) is 2. The molecule has 0 bridgehead atoms. The van der Waals surface area contributed by atoms with Gasteiger partial charge in [0.15, 0.2) is 0 Å². The van der Waals surface area contributed by atoms with E-state index in [1.807, 2.05) is 0 Å². The Bertz CT molecular complexity index is 3430. The van der Waals surface area contributed by atoms with Crippen LogP contribution in [0.5, 0.6) is 0 Å². The number of carboxylic acids is 3. The first-order chi connectivity index (χ1) is 48.5. The summed E-state index contributed by atoms with van der Waals surface area (Å²) in [5, 5.41) is 91.4. The van der Waals surface area contributed by atoms with Crippen molar-refractivity contribution in [3.8, 4) is 0 Å². The van der Waals surface area contributed by atoms with Gasteiger partial charge in [-0.05, 0) is 233 Å². The van der Waals surface area contributed by atoms with Crippen LogP contribution in [0.3, 0.4) is 0 Å². The number of aliphatic carboxylic acids is 3. The van der Waals surface area contributed by atoms with Gasteiger partial charge in [-0.2, -0.15) is 0 Å². The minimum Gasteiger partial charge on any atom is -0.480 e. The average molecular weight is 1500 g/mol. The van der Waals surface area contributed by atoms with Crippen LogP contribution in [-0.2, 0) is 53.6 Å². The van der Waals surface area contributed by atoms with E-state index in [0.29, 0.717) is 98.4 Å². The zero-order chi connectivity index (χ0) is 76.7. The van der Waals surface area contributed by atoms with Crippen molar-refractivity contribution in [2.45, 2.75) is 227 Å². The van der Waals surface area contributed by atoms with E-state index in [9.17, 15) is 88.4 Å². The summed E-state index contributed by atoms with van der Waals surface area (Å²) < 4.78 is 110. The minimum absolute atomic E-state index is 0.0219. The Morgan fingerprint density at radius 1 is 0.534 bits per heavy atom. The average Bonchev–Trinajstić information content (AvgIpc) is 1.69. The third-order valence-corrected chi connectivity index (χ3v) is 24.9. The fraction of sp³-hybridized carbons (Fsp3) is 0.716. The predicted molar refractivity (Wildman–Crippen MR) is 373 cm³/mol. The number of benzene rings is 2. The first kappa shape index (κ1) is 87.7. The number of carboxylic acid groups (broad SMARTS) is 3. The Labute approximate surface area is 601 Å². The molecular formula is C67H107B2F4N9O19S2. The van der Waals surface area contributed by atoms with Crippen LogP contribution in [0.15, 0.2) is 34.1 Å². The van der Waals surface area contributed by atoms with Crippen molar-refractivity contribution in [2.24, 2.45) is 52.1 Å². The molecule has 6 rings (SSSR count). The molecule has 103 heavy (non-hydrogen) atoms. The molecule has 580 valence electrons. The minimum atomic E-state index is -4.54. The lowest BCUT2D eigenvalue weighted by Crippen LogP contribution is -2.54. The standard InChI is InChI=1S/C48H76BF2N5O12S.C19H31BF2N4O7S/c1-28(32-14-15-33-31-13-12-29-25-30(57)19-21-47(29,2)34(31)20-22-48(32,33)3)11-17-43(59)55-40(46(63)64)16-18-42(58)53-23-7-5-9-38(52-4)44(60)56-39(45(61)62)10-6-8-24-54-69(67,68)41-27-36(50)35(49(65)66)26-37(41)51;1-24-15(6-2-4-8-23)18(27)26-16(19(28)29)7-3-5-9-25-34(32,33)17-11-13(21)12(20(30)31)10-14(17)22/h26-34,38-40,52,54,57,65-66H,5-25H2,1-4H3,(H,53,58)(H,55,59)(H,56,60)(H,61,62)(H,63,64);10-11,15-16,24-25,30-31H,2-9,23H2,1H3,(H,26,27)(H,28,29)/t28?,29-,30-,31?,32?,33?,34?,38?,39?,40?,47+,48-;/m0./s1. The van der Waals surface area contributed by atoms with Crippen LogP contribution in [0.25, 0.3) is 0 Å². The summed E-state index contributed by atoms with van der Waals surface area (Å²) in [6.07, 6.45) is 14.4. The van der Waals surface area contributed by atoms with Gasteiger partial charge in [-0.1, -0.05) is 27.2 Å². The predicted octanol–water partition coefficient (Wildman–Crippen LogP) is 1.70. The highest BCUT2D eigenvalue weighted by Gasteiger charge is 2.60. The smallest absolute Gasteiger partial charge is 0.480 e. The Hall–Kier alpha value is -5.92. The molecule has 0 spiro atoms. The number of fused-ring (bicyclic) bond motifs is 5. The van der Waals surface area contributed by atoms with Crippen LogP contribution < -0.4 is 58.0 Å². The lowest BCUT2D eigenvalue weighted by Gasteiger charge is -2.61. The van der Waals surface area contributed by atoms with Gasteiger partial charge in [0, 0.05) is 43.4 Å². The summed E-state index contributed by atoms with van der Waals surface area (Å²) >= 11 is 0. The normalized spacial score (nSPS) is 23.3. The molecule has 4 aliphatic rings. The number of unbranched alkanes of at least 4 members (excludes halogenated alkanes) is 4. The second-order valence-corrected chi connectivity index (χ2v) is 32.1. The first-order valence-corrected chi connectivity index (χ1v) is 38.7. The maximum Gasteiger partial charge on any atom is 0.491 e. The van der Waals surface area contributed by atoms with E-state index >= 15 is 0 Å². The highest BCUT2D eigenvalue weighted by atomic mass is 32.2. The Balaban J connectivity index is 0.000000471. The molecule has 2 aromatic carbocycles. The van der Waals surface area contributed by atoms with Crippen molar-refractivity contribution in [3.05, 3.63) is 47.5 Å². The summed E-state index contributed by atoms with van der Waals surface area (Å²) in [6, 6.07) is -3.65. The maximum atomic E-state index is 14.3. The molecular weight excluding hydrogens is 1400 g/mol. The monoisotopic (exact) mass is 1500 g/mol. The van der Waals surface area contributed by atoms with E-state index in [4.69, 9.17) is 25.8 Å². The molecule has 0 aromatic heterocycles. The highest BCUT2D eigenvalue weighted by Crippen LogP contribution is 2.68. The number of sulfonamides is 2. The number of nitrogens with one attached hydrogen (secondary N) is 8. The van der Waals surface area contributed by atoms with Gasteiger partial charge >= 0.3 is 32.1 Å². The molecule has 0 radical (unpaired) electrons. The van der Waals surface area contributed by atoms with E-state index in [2.05, 4.69) is 62.1 Å². The van der Waals surface area contributed by atoms with Crippen LogP contribution in [0.2, 0.25) is 0 Å². The van der Waals surface area contributed by atoms with Gasteiger partial charge in [0.1, 0.15) is 51.2 Å². The molecule has 10 unspecified atom stereocenters. The second kappa shape index (κ2) is 40.7. The number of amides is 4. The molecule has 4 amide bonds. The molecule has 28 nitrogen and oxygen atoms in total. The quantitative estimate of drug-likeness (QED) is 0.0255. The summed E-state index contributed by atoms with van der Waals surface area (Å²) in [5.74, 6) is -7.41. The van der Waals surface area contributed by atoms with Gasteiger partial charge in [-0.25, -0.2) is 58.2 Å². The lowest BCUT2D eigenvalue weighted by atomic mass is 9.44. The highest BCUT2D eigenvalue weighted by molar-refractivity contribution is 7.89. The first-order valence-electron chi connectivity index (χ1n) is 35.7. The molecule has 2 aromatic rings. The van der Waals surface area contributed by atoms with Crippen molar-refractivity contribution in [3.63, 3.8) is 0 Å². The molecule has 36 heteroatoms. The van der Waals surface area contributed by atoms with Gasteiger partial charge in [0.2, 0.25) is 43.7 Å². The SMILES string of the molecule is CNC(CCCCN)C(=O)NC(CCCCNS(=O)(=O)c1cc(F)c(B(O)O)cc1F)C(=O)O.CNC(CCCCNC(=O)CCC(NC(=O)CCC(C)C1CCC2C3CC[C@H]4C[C@@H](O)CC[C@@]4(C)C3CC[C@@]12C)C(=O)O)C(=O)NC(CCCCNS(=O)(=O)c1cc(F)c(B(O)O)cc1F)C(=O)O. The Morgan fingerprint density at radius 3 is 1.44 bits per heavy atom. The number of halogens is 4. The number of nitrogens with two attached hydrogens (primary N) is 1. The molecule has 18 N–H and O–H groups in total. The summed E-state index contributed by atoms with van der Waals surface area (Å²) in [7, 11) is -10.5. The molecule has 0 saturated heterocycles. The fourth-order valence-electron chi connectivity index (χ4n) is 16.1. The van der Waals surface area contributed by atoms with Gasteiger partial charge in [-0.3, -0.25) is 19.2 Å². The summed E-state index contributed by atoms with van der Waals surface area (Å²) in [6.45, 7) is 7.48. The van der Waals surface area contributed by atoms with Gasteiger partial charge < -0.3 is 78.2 Å². The number of rotatable bonds is 42. The van der Waals surface area contributed by atoms with Crippen molar-refractivity contribution >= 4 is 86.7 Å². The van der Waals surface area contributed by atoms with Crippen LogP contribution >= 0.6 is 0 Å². The fourth-order valence-corrected chi connectivity index (χ4v) is 18.4. The number of aliphatic hydroxyl groups is 1. The Kier molecular flexibility index (Phi) is 34.7. The number of carbonyl (C=O) groups excluding carboxylic acids is 4. The molecule has 0 heterocycles. The summed E-state index contributed by atoms with van der Waals surface area (Å²) in [5.41, 5.74) is 4.33. The van der Waals surface area contributed by atoms with Gasteiger partial charge in [0.05, 0.1) is 18.2 Å². The zero-order valence-corrected chi connectivity index (χ0v) is 61.0. The second-order valence-electron chi connectivity index (χ2n) is 28.6. The number of carbonyl (C=O) groups is 7. The number of aliphatic hydroxyl groups excluding tert-OH is 1.